The van der Waals surface area contributed by atoms with Crippen LogP contribution in [0.15, 0.2) is 79.1 Å². The minimum atomic E-state index is -4.67. The van der Waals surface area contributed by atoms with E-state index in [0.717, 1.165) is 28.7 Å². The largest absolute Gasteiger partial charge is 0.416 e. The lowest BCUT2D eigenvalue weighted by Crippen LogP contribution is -2.07. The van der Waals surface area contributed by atoms with Gasteiger partial charge in [0.15, 0.2) is 5.78 Å². The predicted molar refractivity (Wildman–Crippen MR) is 114 cm³/mol. The number of ketones is 1. The molecule has 4 rings (SSSR count). The first-order chi connectivity index (χ1) is 15.3. The van der Waals surface area contributed by atoms with Gasteiger partial charge in [0.25, 0.3) is 0 Å². The number of anilines is 2. The first-order valence-corrected chi connectivity index (χ1v) is 9.47. The predicted octanol–water partition coefficient (Wildman–Crippen LogP) is 6.43. The number of nitrogens with one attached hydrogen (secondary N) is 1. The summed E-state index contributed by atoms with van der Waals surface area (Å²) in [5, 5.41) is 4.07. The van der Waals surface area contributed by atoms with Gasteiger partial charge in [-0.05, 0) is 54.1 Å². The maximum absolute atomic E-state index is 14.0. The lowest BCUT2D eigenvalue weighted by atomic mass is 10.1. The standard InChI is InChI=1S/C24H15F4N3O/c25-20-13-16(24(26,27)28)8-11-18(20)22(32)12-7-15-5-9-17(10-6-15)31-23-19-3-1-2-4-21(19)29-14-30-23/h1-14H,(H,29,30,31)/b12-7+. The Bertz CT molecular complexity index is 1310. The van der Waals surface area contributed by atoms with E-state index < -0.39 is 28.9 Å². The van der Waals surface area contributed by atoms with E-state index in [1.54, 1.807) is 24.3 Å². The van der Waals surface area contributed by atoms with Crippen LogP contribution in [0.2, 0.25) is 0 Å². The van der Waals surface area contributed by atoms with Crippen LogP contribution in [0.25, 0.3) is 17.0 Å². The summed E-state index contributed by atoms with van der Waals surface area (Å²) in [4.78, 5) is 20.7. The number of fused-ring (bicyclic) bond motifs is 1. The SMILES string of the molecule is O=C(/C=C/c1ccc(Nc2ncnc3ccccc23)cc1)c1ccc(C(F)(F)F)cc1F. The third-order valence-corrected chi connectivity index (χ3v) is 4.71. The quantitative estimate of drug-likeness (QED) is 0.222. The van der Waals surface area contributed by atoms with E-state index in [0.29, 0.717) is 23.5 Å². The van der Waals surface area contributed by atoms with E-state index in [1.807, 2.05) is 24.3 Å². The minimum Gasteiger partial charge on any atom is -0.340 e. The molecule has 0 aliphatic rings. The maximum Gasteiger partial charge on any atom is 0.416 e. The number of hydrogen-bond acceptors (Lipinski definition) is 4. The monoisotopic (exact) mass is 437 g/mol. The molecular formula is C24H15F4N3O. The third kappa shape index (κ3) is 4.64. The number of para-hydroxylation sites is 1. The second-order valence-corrected chi connectivity index (χ2v) is 6.88. The number of aromatic nitrogens is 2. The average molecular weight is 437 g/mol. The van der Waals surface area contributed by atoms with E-state index in [9.17, 15) is 22.4 Å². The van der Waals surface area contributed by atoms with Crippen molar-refractivity contribution < 1.29 is 22.4 Å². The molecule has 0 bridgehead atoms. The van der Waals surface area contributed by atoms with Crippen molar-refractivity contribution in [2.75, 3.05) is 5.32 Å². The Morgan fingerprint density at radius 2 is 1.69 bits per heavy atom. The fraction of sp³-hybridized carbons (Fsp3) is 0.0417. The summed E-state index contributed by atoms with van der Waals surface area (Å²) >= 11 is 0. The van der Waals surface area contributed by atoms with Crippen molar-refractivity contribution in [3.63, 3.8) is 0 Å². The molecule has 0 aliphatic heterocycles. The van der Waals surface area contributed by atoms with Crippen LogP contribution >= 0.6 is 0 Å². The van der Waals surface area contributed by atoms with E-state index in [2.05, 4.69) is 15.3 Å². The molecule has 0 saturated heterocycles. The highest BCUT2D eigenvalue weighted by Gasteiger charge is 2.31. The first-order valence-electron chi connectivity index (χ1n) is 9.47. The molecule has 0 unspecified atom stereocenters. The molecular weight excluding hydrogens is 422 g/mol. The van der Waals surface area contributed by atoms with Crippen LogP contribution in [0, 0.1) is 5.82 Å². The topological polar surface area (TPSA) is 54.9 Å². The third-order valence-electron chi connectivity index (χ3n) is 4.71. The number of allylic oxidation sites excluding steroid dienone is 1. The Hall–Kier alpha value is -4.07. The second kappa shape index (κ2) is 8.58. The van der Waals surface area contributed by atoms with Gasteiger partial charge < -0.3 is 5.32 Å². The Morgan fingerprint density at radius 3 is 2.41 bits per heavy atom. The first kappa shape index (κ1) is 21.2. The second-order valence-electron chi connectivity index (χ2n) is 6.88. The molecule has 3 aromatic carbocycles. The zero-order valence-corrected chi connectivity index (χ0v) is 16.4. The number of alkyl halides is 3. The molecule has 0 atom stereocenters. The van der Waals surface area contributed by atoms with Crippen LogP contribution in [-0.4, -0.2) is 15.8 Å². The zero-order valence-electron chi connectivity index (χ0n) is 16.4. The summed E-state index contributed by atoms with van der Waals surface area (Å²) in [6.45, 7) is 0. The van der Waals surface area contributed by atoms with Crippen molar-refractivity contribution in [3.05, 3.63) is 102 Å². The van der Waals surface area contributed by atoms with Crippen LogP contribution in [0.3, 0.4) is 0 Å². The molecule has 4 nitrogen and oxygen atoms in total. The van der Waals surface area contributed by atoms with Gasteiger partial charge in [-0.15, -0.1) is 0 Å². The van der Waals surface area contributed by atoms with Gasteiger partial charge in [0.2, 0.25) is 0 Å². The number of rotatable bonds is 5. The lowest BCUT2D eigenvalue weighted by Gasteiger charge is -2.08. The van der Waals surface area contributed by atoms with Crippen molar-refractivity contribution in [1.82, 2.24) is 9.97 Å². The molecule has 1 heterocycles. The summed E-state index contributed by atoms with van der Waals surface area (Å²) in [5.41, 5.74) is 0.645. The molecule has 160 valence electrons. The molecule has 8 heteroatoms. The minimum absolute atomic E-state index is 0.318. The lowest BCUT2D eigenvalue weighted by molar-refractivity contribution is -0.137. The highest BCUT2D eigenvalue weighted by Crippen LogP contribution is 2.30. The number of carbonyl (C=O) groups is 1. The Labute approximate surface area is 180 Å². The van der Waals surface area contributed by atoms with Gasteiger partial charge in [-0.3, -0.25) is 4.79 Å². The molecule has 1 N–H and O–H groups in total. The van der Waals surface area contributed by atoms with Gasteiger partial charge in [-0.1, -0.05) is 30.3 Å². The number of benzene rings is 3. The molecule has 0 aliphatic carbocycles. The smallest absolute Gasteiger partial charge is 0.340 e. The van der Waals surface area contributed by atoms with Crippen molar-refractivity contribution in [2.45, 2.75) is 6.18 Å². The zero-order chi connectivity index (χ0) is 22.7. The number of carbonyl (C=O) groups excluding carboxylic acids is 1. The Balaban J connectivity index is 1.47. The highest BCUT2D eigenvalue weighted by molar-refractivity contribution is 6.07. The van der Waals surface area contributed by atoms with Gasteiger partial charge in [0.1, 0.15) is 18.0 Å². The van der Waals surface area contributed by atoms with Crippen molar-refractivity contribution >= 4 is 34.3 Å². The summed E-state index contributed by atoms with van der Waals surface area (Å²) in [6, 6.07) is 16.4. The van der Waals surface area contributed by atoms with Crippen molar-refractivity contribution in [1.29, 1.82) is 0 Å². The van der Waals surface area contributed by atoms with E-state index in [-0.39, 0.29) is 0 Å². The van der Waals surface area contributed by atoms with Gasteiger partial charge in [-0.2, -0.15) is 13.2 Å². The van der Waals surface area contributed by atoms with Crippen molar-refractivity contribution in [3.8, 4) is 0 Å². The van der Waals surface area contributed by atoms with E-state index >= 15 is 0 Å². The highest BCUT2D eigenvalue weighted by atomic mass is 19.4. The van der Waals surface area contributed by atoms with Crippen LogP contribution < -0.4 is 5.32 Å². The summed E-state index contributed by atoms with van der Waals surface area (Å²) in [5.74, 6) is -1.30. The summed E-state index contributed by atoms with van der Waals surface area (Å²) in [7, 11) is 0. The molecule has 4 aromatic rings. The Morgan fingerprint density at radius 1 is 0.938 bits per heavy atom. The molecule has 0 radical (unpaired) electrons. The summed E-state index contributed by atoms with van der Waals surface area (Å²) < 4.78 is 51.9. The average Bonchev–Trinajstić information content (AvgIpc) is 2.78. The van der Waals surface area contributed by atoms with Gasteiger partial charge in [-0.25, -0.2) is 14.4 Å². The number of hydrogen-bond donors (Lipinski definition) is 1. The van der Waals surface area contributed by atoms with Gasteiger partial charge >= 0.3 is 6.18 Å². The molecule has 0 amide bonds. The van der Waals surface area contributed by atoms with Gasteiger partial charge in [0.05, 0.1) is 16.6 Å². The Kier molecular flexibility index (Phi) is 5.68. The van der Waals surface area contributed by atoms with Crippen LogP contribution in [0.1, 0.15) is 21.5 Å². The van der Waals surface area contributed by atoms with Crippen molar-refractivity contribution in [2.24, 2.45) is 0 Å². The summed E-state index contributed by atoms with van der Waals surface area (Å²) in [6.07, 6.45) is -0.630. The number of halogens is 4. The molecule has 0 fully saturated rings. The molecule has 0 saturated carbocycles. The van der Waals surface area contributed by atoms with E-state index in [1.165, 1.54) is 12.4 Å². The van der Waals surface area contributed by atoms with Gasteiger partial charge in [0, 0.05) is 11.1 Å². The molecule has 0 spiro atoms. The molecule has 32 heavy (non-hydrogen) atoms. The van der Waals surface area contributed by atoms with Crippen LogP contribution in [-0.2, 0) is 6.18 Å². The number of nitrogens with zero attached hydrogens (tertiary/aromatic N) is 2. The van der Waals surface area contributed by atoms with Crippen LogP contribution in [0.4, 0.5) is 29.1 Å². The normalized spacial score (nSPS) is 11.8. The molecule has 1 aromatic heterocycles. The fourth-order valence-electron chi connectivity index (χ4n) is 3.07. The van der Waals surface area contributed by atoms with Crippen LogP contribution in [0.5, 0.6) is 0 Å². The fourth-order valence-corrected chi connectivity index (χ4v) is 3.07. The maximum atomic E-state index is 14.0. The van der Waals surface area contributed by atoms with E-state index in [4.69, 9.17) is 0 Å².